The Bertz CT molecular complexity index is 1360. The van der Waals surface area contributed by atoms with Crippen molar-refractivity contribution in [1.29, 1.82) is 0 Å². The number of amides is 1. The minimum Gasteiger partial charge on any atom is -0.497 e. The monoisotopic (exact) mass is 505 g/mol. The van der Waals surface area contributed by atoms with Gasteiger partial charge in [0, 0.05) is 23.6 Å². The number of likely N-dealkylation sites (N-methyl/N-ethyl adjacent to an activating group) is 1. The van der Waals surface area contributed by atoms with Gasteiger partial charge >= 0.3 is 5.97 Å². The molecule has 0 radical (unpaired) electrons. The Morgan fingerprint density at radius 1 is 1.03 bits per heavy atom. The fourth-order valence-electron chi connectivity index (χ4n) is 3.64. The predicted octanol–water partition coefficient (Wildman–Crippen LogP) is 5.45. The molecule has 36 heavy (non-hydrogen) atoms. The Morgan fingerprint density at radius 3 is 2.36 bits per heavy atom. The van der Waals surface area contributed by atoms with Crippen LogP contribution >= 0.6 is 11.3 Å². The van der Waals surface area contributed by atoms with Crippen molar-refractivity contribution in [1.82, 2.24) is 9.88 Å². The molecule has 0 atom stereocenters. The van der Waals surface area contributed by atoms with Gasteiger partial charge in [-0.1, -0.05) is 24.3 Å². The largest absolute Gasteiger partial charge is 0.497 e. The maximum Gasteiger partial charge on any atom is 0.323 e. The SMILES string of the molecule is COc1ccc(-c2csc(N(Cc3ccc(C(=O)N(C)CC(=O)O)cc3)c3ccccc3F)n2)cc1. The van der Waals surface area contributed by atoms with Crippen molar-refractivity contribution in [2.24, 2.45) is 0 Å². The van der Waals surface area contributed by atoms with Gasteiger partial charge in [-0.15, -0.1) is 11.3 Å². The van der Waals surface area contributed by atoms with E-state index in [1.54, 1.807) is 54.5 Å². The Labute approximate surface area is 212 Å². The van der Waals surface area contributed by atoms with E-state index < -0.39 is 5.97 Å². The highest BCUT2D eigenvalue weighted by molar-refractivity contribution is 7.14. The second kappa shape index (κ2) is 11.0. The molecule has 3 aromatic carbocycles. The summed E-state index contributed by atoms with van der Waals surface area (Å²) in [6, 6.07) is 20.9. The zero-order chi connectivity index (χ0) is 25.7. The Morgan fingerprint density at radius 2 is 1.72 bits per heavy atom. The van der Waals surface area contributed by atoms with Crippen LogP contribution in [0.15, 0.2) is 78.2 Å². The molecule has 0 aliphatic rings. The third-order valence-electron chi connectivity index (χ3n) is 5.51. The summed E-state index contributed by atoms with van der Waals surface area (Å²) in [5.74, 6) is -1.10. The summed E-state index contributed by atoms with van der Waals surface area (Å²) in [4.78, 5) is 31.1. The van der Waals surface area contributed by atoms with Gasteiger partial charge in [0.1, 0.15) is 18.1 Å². The Balaban J connectivity index is 1.61. The number of hydrogen-bond donors (Lipinski definition) is 1. The average Bonchev–Trinajstić information content (AvgIpc) is 3.37. The lowest BCUT2D eigenvalue weighted by molar-refractivity contribution is -0.137. The van der Waals surface area contributed by atoms with Crippen LogP contribution in [-0.4, -0.2) is 47.6 Å². The number of methoxy groups -OCH3 is 1. The second-order valence-electron chi connectivity index (χ2n) is 8.03. The summed E-state index contributed by atoms with van der Waals surface area (Å²) in [6.07, 6.45) is 0. The summed E-state index contributed by atoms with van der Waals surface area (Å²) in [5, 5.41) is 11.5. The van der Waals surface area contributed by atoms with Gasteiger partial charge in [0.05, 0.1) is 25.0 Å². The van der Waals surface area contributed by atoms with Gasteiger partial charge in [-0.25, -0.2) is 9.37 Å². The number of nitrogens with zero attached hydrogens (tertiary/aromatic N) is 3. The number of benzene rings is 3. The maximum absolute atomic E-state index is 14.8. The summed E-state index contributed by atoms with van der Waals surface area (Å²) in [7, 11) is 3.05. The highest BCUT2D eigenvalue weighted by Crippen LogP contribution is 2.35. The first-order valence-corrected chi connectivity index (χ1v) is 11.9. The highest BCUT2D eigenvalue weighted by atomic mass is 32.1. The number of carboxylic acid groups (broad SMARTS) is 1. The predicted molar refractivity (Wildman–Crippen MR) is 137 cm³/mol. The zero-order valence-corrected chi connectivity index (χ0v) is 20.5. The van der Waals surface area contributed by atoms with Crippen LogP contribution in [0.25, 0.3) is 11.3 Å². The summed E-state index contributed by atoms with van der Waals surface area (Å²) in [5.41, 5.74) is 3.27. The van der Waals surface area contributed by atoms with E-state index in [1.165, 1.54) is 24.5 Å². The molecule has 0 unspecified atom stereocenters. The van der Waals surface area contributed by atoms with Gasteiger partial charge in [0.25, 0.3) is 5.91 Å². The number of hydrogen-bond acceptors (Lipinski definition) is 6. The van der Waals surface area contributed by atoms with Crippen molar-refractivity contribution in [3.63, 3.8) is 0 Å². The lowest BCUT2D eigenvalue weighted by Crippen LogP contribution is -2.31. The molecule has 1 heterocycles. The molecule has 1 N–H and O–H groups in total. The molecule has 0 aliphatic heterocycles. The topological polar surface area (TPSA) is 83.0 Å². The van der Waals surface area contributed by atoms with Crippen molar-refractivity contribution in [3.05, 3.63) is 95.1 Å². The fraction of sp³-hybridized carbons (Fsp3) is 0.148. The number of ether oxygens (including phenoxy) is 1. The van der Waals surface area contributed by atoms with Crippen LogP contribution in [-0.2, 0) is 11.3 Å². The van der Waals surface area contributed by atoms with Gasteiger partial charge in [-0.3, -0.25) is 9.59 Å². The average molecular weight is 506 g/mol. The minimum atomic E-state index is -1.08. The molecule has 0 fully saturated rings. The van der Waals surface area contributed by atoms with E-state index in [4.69, 9.17) is 14.8 Å². The van der Waals surface area contributed by atoms with Crippen LogP contribution in [0.3, 0.4) is 0 Å². The molecule has 0 spiro atoms. The van der Waals surface area contributed by atoms with Gasteiger partial charge in [0.2, 0.25) is 0 Å². The molecule has 4 aromatic rings. The number of carboxylic acids is 1. The van der Waals surface area contributed by atoms with Gasteiger partial charge in [0.15, 0.2) is 5.13 Å². The molecule has 4 rings (SSSR count). The first kappa shape index (κ1) is 24.9. The minimum absolute atomic E-state index is 0.315. The van der Waals surface area contributed by atoms with E-state index in [-0.39, 0.29) is 18.3 Å². The van der Waals surface area contributed by atoms with E-state index in [9.17, 15) is 14.0 Å². The number of aliphatic carboxylic acids is 1. The molecule has 0 saturated heterocycles. The van der Waals surface area contributed by atoms with Crippen molar-refractivity contribution >= 4 is 34.0 Å². The van der Waals surface area contributed by atoms with E-state index in [0.29, 0.717) is 22.9 Å². The zero-order valence-electron chi connectivity index (χ0n) is 19.7. The van der Waals surface area contributed by atoms with Gasteiger partial charge in [-0.2, -0.15) is 0 Å². The lowest BCUT2D eigenvalue weighted by Gasteiger charge is -2.23. The van der Waals surface area contributed by atoms with Crippen LogP contribution in [0, 0.1) is 5.82 Å². The molecule has 0 saturated carbocycles. The number of thiazole rings is 1. The van der Waals surface area contributed by atoms with Crippen LogP contribution in [0.5, 0.6) is 5.75 Å². The number of carbonyl (C=O) groups excluding carboxylic acids is 1. The third kappa shape index (κ3) is 5.69. The number of anilines is 2. The van der Waals surface area contributed by atoms with Crippen molar-refractivity contribution in [2.45, 2.75) is 6.54 Å². The fourth-order valence-corrected chi connectivity index (χ4v) is 4.49. The Hall–Kier alpha value is -4.24. The van der Waals surface area contributed by atoms with Crippen LogP contribution in [0.2, 0.25) is 0 Å². The normalized spacial score (nSPS) is 10.6. The van der Waals surface area contributed by atoms with Crippen molar-refractivity contribution < 1.29 is 23.8 Å². The molecule has 1 amide bonds. The molecule has 7 nitrogen and oxygen atoms in total. The quantitative estimate of drug-likeness (QED) is 0.326. The van der Waals surface area contributed by atoms with Crippen LogP contribution in [0.4, 0.5) is 15.2 Å². The number of rotatable bonds is 9. The van der Waals surface area contributed by atoms with E-state index in [1.807, 2.05) is 29.6 Å². The first-order valence-electron chi connectivity index (χ1n) is 11.0. The van der Waals surface area contributed by atoms with Gasteiger partial charge < -0.3 is 19.6 Å². The first-order chi connectivity index (χ1) is 17.4. The van der Waals surface area contributed by atoms with E-state index >= 15 is 0 Å². The summed E-state index contributed by atoms with van der Waals surface area (Å²) in [6.45, 7) is -0.0713. The molecule has 0 aliphatic carbocycles. The standard InChI is InChI=1S/C27H24FN3O4S/c1-30(16-25(32)33)26(34)20-9-7-18(8-10-20)15-31(24-6-4-3-5-22(24)28)27-29-23(17-36-27)19-11-13-21(35-2)14-12-19/h3-14,17H,15-16H2,1-2H3,(H,32,33). The summed E-state index contributed by atoms with van der Waals surface area (Å²) >= 11 is 1.40. The number of para-hydroxylation sites is 1. The van der Waals surface area contributed by atoms with Crippen LogP contribution in [0.1, 0.15) is 15.9 Å². The number of carbonyl (C=O) groups is 2. The van der Waals surface area contributed by atoms with E-state index in [2.05, 4.69) is 0 Å². The molecular weight excluding hydrogens is 481 g/mol. The molecule has 184 valence electrons. The lowest BCUT2D eigenvalue weighted by atomic mass is 10.1. The molecule has 9 heteroatoms. The van der Waals surface area contributed by atoms with E-state index in [0.717, 1.165) is 27.5 Å². The number of halogens is 1. The maximum atomic E-state index is 14.8. The molecular formula is C27H24FN3O4S. The molecule has 1 aromatic heterocycles. The smallest absolute Gasteiger partial charge is 0.323 e. The van der Waals surface area contributed by atoms with Crippen molar-refractivity contribution in [3.8, 4) is 17.0 Å². The van der Waals surface area contributed by atoms with Crippen molar-refractivity contribution in [2.75, 3.05) is 25.6 Å². The Kier molecular flexibility index (Phi) is 7.60. The third-order valence-corrected chi connectivity index (χ3v) is 6.38. The van der Waals surface area contributed by atoms with Gasteiger partial charge in [-0.05, 0) is 54.1 Å². The highest BCUT2D eigenvalue weighted by Gasteiger charge is 2.19. The van der Waals surface area contributed by atoms with Crippen LogP contribution < -0.4 is 9.64 Å². The summed E-state index contributed by atoms with van der Waals surface area (Å²) < 4.78 is 20.0. The molecule has 0 bridgehead atoms. The second-order valence-corrected chi connectivity index (χ2v) is 8.87. The number of aromatic nitrogens is 1.